The van der Waals surface area contributed by atoms with E-state index in [9.17, 15) is 9.59 Å². The zero-order valence-corrected chi connectivity index (χ0v) is 21.0. The highest BCUT2D eigenvalue weighted by atomic mass is 16.7. The Bertz CT molecular complexity index is 1090. The summed E-state index contributed by atoms with van der Waals surface area (Å²) in [5, 5.41) is 3.87. The topological polar surface area (TPSA) is 78.8 Å². The SMILES string of the molecule is CC(C)(C)OC(=O)n1c(CNC(=O)C2(C)CC2)cc2ccc(B3OC(C)(C)C(C)(C)O3)cc21. The van der Waals surface area contributed by atoms with E-state index in [2.05, 4.69) is 5.32 Å². The molecule has 178 valence electrons. The highest BCUT2D eigenvalue weighted by Crippen LogP contribution is 2.45. The minimum absolute atomic E-state index is 0.0152. The molecule has 2 heterocycles. The third kappa shape index (κ3) is 4.55. The van der Waals surface area contributed by atoms with Crippen LogP contribution in [0.5, 0.6) is 0 Å². The van der Waals surface area contributed by atoms with Gasteiger partial charge >= 0.3 is 13.2 Å². The Hall–Kier alpha value is -2.32. The Morgan fingerprint density at radius 1 is 1.06 bits per heavy atom. The summed E-state index contributed by atoms with van der Waals surface area (Å²) in [5.41, 5.74) is 0.319. The van der Waals surface area contributed by atoms with Crippen LogP contribution >= 0.6 is 0 Å². The number of ether oxygens (including phenoxy) is 1. The predicted molar refractivity (Wildman–Crippen MR) is 128 cm³/mol. The molecule has 0 spiro atoms. The van der Waals surface area contributed by atoms with Crippen molar-refractivity contribution in [3.63, 3.8) is 0 Å². The van der Waals surface area contributed by atoms with Crippen LogP contribution in [0, 0.1) is 5.41 Å². The monoisotopic (exact) mass is 454 g/mol. The van der Waals surface area contributed by atoms with E-state index in [0.717, 1.165) is 23.7 Å². The van der Waals surface area contributed by atoms with Crippen LogP contribution in [0.15, 0.2) is 24.3 Å². The third-order valence-electron chi connectivity index (χ3n) is 6.98. The summed E-state index contributed by atoms with van der Waals surface area (Å²) in [6.45, 7) is 15.8. The molecule has 0 atom stereocenters. The predicted octanol–water partition coefficient (Wildman–Crippen LogP) is 4.14. The number of carbonyl (C=O) groups is 2. The average Bonchev–Trinajstić information content (AvgIpc) is 3.25. The molecule has 33 heavy (non-hydrogen) atoms. The van der Waals surface area contributed by atoms with Crippen molar-refractivity contribution >= 4 is 35.5 Å². The van der Waals surface area contributed by atoms with Crippen LogP contribution in [0.25, 0.3) is 10.9 Å². The second-order valence-corrected chi connectivity index (χ2v) is 11.6. The molecule has 1 aromatic heterocycles. The molecular formula is C25H35BN2O5. The molecule has 1 amide bonds. The number of benzene rings is 1. The summed E-state index contributed by atoms with van der Waals surface area (Å²) in [4.78, 5) is 25.7. The number of rotatable bonds is 4. The maximum absolute atomic E-state index is 13.2. The number of nitrogens with zero attached hydrogens (tertiary/aromatic N) is 1. The minimum Gasteiger partial charge on any atom is -0.443 e. The minimum atomic E-state index is -0.654. The first-order chi connectivity index (χ1) is 15.1. The van der Waals surface area contributed by atoms with Gasteiger partial charge in [0, 0.05) is 16.5 Å². The van der Waals surface area contributed by atoms with E-state index in [1.165, 1.54) is 0 Å². The second-order valence-electron chi connectivity index (χ2n) is 11.6. The van der Waals surface area contributed by atoms with Gasteiger partial charge in [-0.15, -0.1) is 0 Å². The van der Waals surface area contributed by atoms with Gasteiger partial charge in [0.05, 0.1) is 23.3 Å². The highest BCUT2D eigenvalue weighted by molar-refractivity contribution is 6.62. The van der Waals surface area contributed by atoms with Crippen molar-refractivity contribution in [3.05, 3.63) is 30.0 Å². The summed E-state index contributed by atoms with van der Waals surface area (Å²) >= 11 is 0. The van der Waals surface area contributed by atoms with Crippen molar-refractivity contribution in [1.29, 1.82) is 0 Å². The normalized spacial score (nSPS) is 20.7. The van der Waals surface area contributed by atoms with Gasteiger partial charge in [-0.05, 0) is 78.9 Å². The highest BCUT2D eigenvalue weighted by Gasteiger charge is 2.51. The lowest BCUT2D eigenvalue weighted by Gasteiger charge is -2.32. The summed E-state index contributed by atoms with van der Waals surface area (Å²) in [7, 11) is -0.542. The molecule has 1 saturated carbocycles. The quantitative estimate of drug-likeness (QED) is 0.703. The fraction of sp³-hybridized carbons (Fsp3) is 0.600. The molecule has 1 aromatic carbocycles. The number of fused-ring (bicyclic) bond motifs is 1. The molecule has 1 aliphatic carbocycles. The molecule has 1 N–H and O–H groups in total. The Balaban J connectivity index is 1.70. The van der Waals surface area contributed by atoms with Crippen molar-refractivity contribution in [2.45, 2.75) is 91.6 Å². The van der Waals surface area contributed by atoms with E-state index in [1.807, 2.05) is 79.7 Å². The smallest absolute Gasteiger partial charge is 0.443 e. The van der Waals surface area contributed by atoms with E-state index in [4.69, 9.17) is 14.0 Å². The van der Waals surface area contributed by atoms with Crippen LogP contribution in [0.4, 0.5) is 4.79 Å². The number of hydrogen-bond acceptors (Lipinski definition) is 5. The van der Waals surface area contributed by atoms with E-state index in [0.29, 0.717) is 11.2 Å². The molecular weight excluding hydrogens is 419 g/mol. The van der Waals surface area contributed by atoms with E-state index >= 15 is 0 Å². The van der Waals surface area contributed by atoms with E-state index in [1.54, 1.807) is 4.57 Å². The Labute approximate surface area is 196 Å². The van der Waals surface area contributed by atoms with Crippen LogP contribution in [-0.2, 0) is 25.4 Å². The molecule has 8 heteroatoms. The summed E-state index contributed by atoms with van der Waals surface area (Å²) < 4.78 is 19.7. The molecule has 4 rings (SSSR count). The van der Waals surface area contributed by atoms with E-state index < -0.39 is 30.0 Å². The molecule has 2 fully saturated rings. The van der Waals surface area contributed by atoms with Gasteiger partial charge in [0.2, 0.25) is 5.91 Å². The zero-order chi connectivity index (χ0) is 24.4. The van der Waals surface area contributed by atoms with Gasteiger partial charge < -0.3 is 19.4 Å². The zero-order valence-electron chi connectivity index (χ0n) is 21.0. The first-order valence-corrected chi connectivity index (χ1v) is 11.6. The van der Waals surface area contributed by atoms with Crippen LogP contribution in [0.2, 0.25) is 0 Å². The molecule has 0 unspecified atom stereocenters. The molecule has 1 saturated heterocycles. The molecule has 2 aromatic rings. The average molecular weight is 454 g/mol. The summed E-state index contributed by atoms with van der Waals surface area (Å²) in [6.07, 6.45) is 1.31. The Kier molecular flexibility index (Phi) is 5.49. The lowest BCUT2D eigenvalue weighted by Crippen LogP contribution is -2.41. The maximum Gasteiger partial charge on any atom is 0.494 e. The number of nitrogens with one attached hydrogen (secondary N) is 1. The molecule has 2 aliphatic rings. The molecule has 0 radical (unpaired) electrons. The van der Waals surface area contributed by atoms with Crippen molar-refractivity contribution in [1.82, 2.24) is 9.88 Å². The Morgan fingerprint density at radius 2 is 1.67 bits per heavy atom. The summed E-state index contributed by atoms with van der Waals surface area (Å²) in [6, 6.07) is 7.74. The summed E-state index contributed by atoms with van der Waals surface area (Å²) in [5.74, 6) is 0.0152. The van der Waals surface area contributed by atoms with Gasteiger partial charge in [0.1, 0.15) is 5.60 Å². The lowest BCUT2D eigenvalue weighted by molar-refractivity contribution is -0.125. The van der Waals surface area contributed by atoms with Crippen molar-refractivity contribution in [2.24, 2.45) is 5.41 Å². The first kappa shape index (κ1) is 23.8. The van der Waals surface area contributed by atoms with Gasteiger partial charge in [-0.2, -0.15) is 0 Å². The standard InChI is InChI=1S/C25H35BN2O5/c1-22(2,3)31-21(30)28-18(15-27-20(29)25(8)11-12-25)13-16-9-10-17(14-19(16)28)26-32-23(4,5)24(6,7)33-26/h9-10,13-14H,11-12,15H2,1-8H3,(H,27,29). The van der Waals surface area contributed by atoms with Gasteiger partial charge in [-0.25, -0.2) is 9.36 Å². The Morgan fingerprint density at radius 3 is 2.21 bits per heavy atom. The van der Waals surface area contributed by atoms with Gasteiger partial charge in [0.15, 0.2) is 0 Å². The number of carbonyl (C=O) groups excluding carboxylic acids is 2. The van der Waals surface area contributed by atoms with Crippen LogP contribution in [0.3, 0.4) is 0 Å². The van der Waals surface area contributed by atoms with Crippen molar-refractivity contribution in [3.8, 4) is 0 Å². The lowest BCUT2D eigenvalue weighted by atomic mass is 9.79. The van der Waals surface area contributed by atoms with Crippen molar-refractivity contribution in [2.75, 3.05) is 0 Å². The maximum atomic E-state index is 13.2. The third-order valence-corrected chi connectivity index (χ3v) is 6.98. The first-order valence-electron chi connectivity index (χ1n) is 11.6. The van der Waals surface area contributed by atoms with Crippen molar-refractivity contribution < 1.29 is 23.6 Å². The molecule has 0 bridgehead atoms. The van der Waals surface area contributed by atoms with E-state index in [-0.39, 0.29) is 17.9 Å². The van der Waals surface area contributed by atoms with Gasteiger partial charge in [0.25, 0.3) is 0 Å². The van der Waals surface area contributed by atoms with Crippen LogP contribution in [0.1, 0.15) is 73.9 Å². The fourth-order valence-electron chi connectivity index (χ4n) is 3.85. The molecule has 7 nitrogen and oxygen atoms in total. The van der Waals surface area contributed by atoms with Gasteiger partial charge in [-0.1, -0.05) is 19.1 Å². The number of amides is 1. The molecule has 1 aliphatic heterocycles. The second kappa shape index (κ2) is 7.60. The van der Waals surface area contributed by atoms with Crippen LogP contribution in [-0.4, -0.2) is 40.5 Å². The van der Waals surface area contributed by atoms with Gasteiger partial charge in [-0.3, -0.25) is 4.79 Å². The van der Waals surface area contributed by atoms with Crippen LogP contribution < -0.4 is 10.8 Å². The fourth-order valence-corrected chi connectivity index (χ4v) is 3.85. The number of aromatic nitrogens is 1. The number of hydrogen-bond donors (Lipinski definition) is 1. The largest absolute Gasteiger partial charge is 0.494 e.